The van der Waals surface area contributed by atoms with Crippen LogP contribution in [0.2, 0.25) is 0 Å². The molecule has 0 amide bonds. The molecule has 0 atom stereocenters. The third kappa shape index (κ3) is 11.5. The molecule has 0 fully saturated rings. The Hall–Kier alpha value is -0.830. The predicted octanol–water partition coefficient (Wildman–Crippen LogP) is 5.19. The van der Waals surface area contributed by atoms with Crippen LogP contribution >= 0.6 is 12.4 Å². The van der Waals surface area contributed by atoms with Gasteiger partial charge in [0, 0.05) is 12.6 Å². The van der Waals surface area contributed by atoms with E-state index in [-0.39, 0.29) is 12.4 Å². The minimum Gasteiger partial charge on any atom is -0.384 e. The first kappa shape index (κ1) is 20.2. The summed E-state index contributed by atoms with van der Waals surface area (Å²) in [5.74, 6) is 2.33. The number of hydrogen-bond donors (Lipinski definition) is 1. The van der Waals surface area contributed by atoms with Crippen LogP contribution in [0.5, 0.6) is 0 Å². The van der Waals surface area contributed by atoms with Crippen LogP contribution in [0, 0.1) is 5.92 Å². The van der Waals surface area contributed by atoms with Crippen LogP contribution in [0.1, 0.15) is 77.5 Å². The maximum atomic E-state index is 5.64. The Bertz CT molecular complexity index is 356. The summed E-state index contributed by atoms with van der Waals surface area (Å²) >= 11 is 0. The summed E-state index contributed by atoms with van der Waals surface area (Å²) in [4.78, 5) is 8.45. The fourth-order valence-corrected chi connectivity index (χ4v) is 2.43. The molecule has 0 radical (unpaired) electrons. The van der Waals surface area contributed by atoms with Crippen molar-refractivity contribution >= 4 is 18.2 Å². The Morgan fingerprint density at radius 1 is 0.952 bits per heavy atom. The Labute approximate surface area is 136 Å². The third-order valence-electron chi connectivity index (χ3n) is 3.66. The number of nitrogen functional groups attached to an aromatic ring is 1. The number of aromatic nitrogens is 2. The SMILES string of the molecule is CC(C)CCCCCCCCCCc1nccc(N)n1.Cl. The molecule has 1 aromatic rings. The highest BCUT2D eigenvalue weighted by atomic mass is 35.5. The largest absolute Gasteiger partial charge is 0.384 e. The van der Waals surface area contributed by atoms with E-state index in [1.165, 1.54) is 57.8 Å². The van der Waals surface area contributed by atoms with Gasteiger partial charge in [0.15, 0.2) is 0 Å². The van der Waals surface area contributed by atoms with Crippen LogP contribution in [0.3, 0.4) is 0 Å². The van der Waals surface area contributed by atoms with Gasteiger partial charge < -0.3 is 5.73 Å². The van der Waals surface area contributed by atoms with E-state index < -0.39 is 0 Å². The zero-order valence-electron chi connectivity index (χ0n) is 13.7. The molecule has 1 heterocycles. The van der Waals surface area contributed by atoms with Crippen molar-refractivity contribution in [3.8, 4) is 0 Å². The molecule has 4 heteroatoms. The Balaban J connectivity index is 0.00000400. The van der Waals surface area contributed by atoms with Gasteiger partial charge in [-0.2, -0.15) is 0 Å². The molecule has 0 saturated carbocycles. The highest BCUT2D eigenvalue weighted by Gasteiger charge is 1.98. The van der Waals surface area contributed by atoms with Gasteiger partial charge in [-0.1, -0.05) is 65.2 Å². The number of nitrogens with two attached hydrogens (primary N) is 1. The first-order chi connectivity index (χ1) is 9.68. The molecule has 1 rings (SSSR count). The minimum atomic E-state index is 0. The number of halogens is 1. The Morgan fingerprint density at radius 3 is 2.10 bits per heavy atom. The lowest BCUT2D eigenvalue weighted by Gasteiger charge is -2.04. The van der Waals surface area contributed by atoms with Crippen molar-refractivity contribution in [2.75, 3.05) is 5.73 Å². The molecule has 122 valence electrons. The number of aryl methyl sites for hydroxylation is 1. The highest BCUT2D eigenvalue weighted by Crippen LogP contribution is 2.13. The molecule has 0 aliphatic rings. The van der Waals surface area contributed by atoms with E-state index >= 15 is 0 Å². The third-order valence-corrected chi connectivity index (χ3v) is 3.66. The van der Waals surface area contributed by atoms with Crippen LogP contribution < -0.4 is 5.73 Å². The Morgan fingerprint density at radius 2 is 1.52 bits per heavy atom. The summed E-state index contributed by atoms with van der Waals surface area (Å²) in [5, 5.41) is 0. The van der Waals surface area contributed by atoms with E-state index in [4.69, 9.17) is 5.73 Å². The van der Waals surface area contributed by atoms with E-state index in [0.717, 1.165) is 18.2 Å². The zero-order chi connectivity index (χ0) is 14.6. The quantitative estimate of drug-likeness (QED) is 0.572. The van der Waals surface area contributed by atoms with E-state index in [9.17, 15) is 0 Å². The number of rotatable bonds is 11. The van der Waals surface area contributed by atoms with Crippen molar-refractivity contribution < 1.29 is 0 Å². The maximum Gasteiger partial charge on any atom is 0.130 e. The lowest BCUT2D eigenvalue weighted by molar-refractivity contribution is 0.507. The second-order valence-electron chi connectivity index (χ2n) is 6.16. The lowest BCUT2D eigenvalue weighted by Crippen LogP contribution is -1.98. The van der Waals surface area contributed by atoms with Crippen molar-refractivity contribution in [2.24, 2.45) is 5.92 Å². The van der Waals surface area contributed by atoms with Crippen LogP contribution in [0.25, 0.3) is 0 Å². The topological polar surface area (TPSA) is 51.8 Å². The second-order valence-corrected chi connectivity index (χ2v) is 6.16. The van der Waals surface area contributed by atoms with Gasteiger partial charge in [0.1, 0.15) is 11.6 Å². The molecule has 0 aliphatic heterocycles. The van der Waals surface area contributed by atoms with Gasteiger partial charge in [-0.3, -0.25) is 0 Å². The number of hydrogen-bond acceptors (Lipinski definition) is 3. The Kier molecular flexibility index (Phi) is 12.4. The van der Waals surface area contributed by atoms with Crippen LogP contribution in [0.4, 0.5) is 5.82 Å². The molecule has 1 aromatic heterocycles. The molecule has 0 bridgehead atoms. The lowest BCUT2D eigenvalue weighted by atomic mass is 10.0. The summed E-state index contributed by atoms with van der Waals surface area (Å²) in [6.07, 6.45) is 14.9. The van der Waals surface area contributed by atoms with Crippen molar-refractivity contribution in [3.63, 3.8) is 0 Å². The summed E-state index contributed by atoms with van der Waals surface area (Å²) in [5.41, 5.74) is 5.64. The number of unbranched alkanes of at least 4 members (excludes halogenated alkanes) is 7. The molecule has 0 aromatic carbocycles. The molecule has 0 spiro atoms. The molecule has 0 saturated heterocycles. The van der Waals surface area contributed by atoms with E-state index in [1.807, 2.05) is 0 Å². The average Bonchev–Trinajstić information content (AvgIpc) is 2.40. The summed E-state index contributed by atoms with van der Waals surface area (Å²) in [7, 11) is 0. The summed E-state index contributed by atoms with van der Waals surface area (Å²) in [6, 6.07) is 1.74. The first-order valence-corrected chi connectivity index (χ1v) is 8.26. The van der Waals surface area contributed by atoms with E-state index in [0.29, 0.717) is 5.82 Å². The van der Waals surface area contributed by atoms with Crippen molar-refractivity contribution in [2.45, 2.75) is 78.1 Å². The van der Waals surface area contributed by atoms with E-state index in [2.05, 4.69) is 23.8 Å². The predicted molar refractivity (Wildman–Crippen MR) is 93.8 cm³/mol. The zero-order valence-corrected chi connectivity index (χ0v) is 14.5. The summed E-state index contributed by atoms with van der Waals surface area (Å²) in [6.45, 7) is 4.62. The van der Waals surface area contributed by atoms with Gasteiger partial charge in [0.25, 0.3) is 0 Å². The van der Waals surface area contributed by atoms with Gasteiger partial charge >= 0.3 is 0 Å². The van der Waals surface area contributed by atoms with Crippen LogP contribution in [-0.4, -0.2) is 9.97 Å². The molecule has 0 aliphatic carbocycles. The average molecular weight is 314 g/mol. The normalized spacial score (nSPS) is 10.6. The van der Waals surface area contributed by atoms with Gasteiger partial charge in [-0.15, -0.1) is 12.4 Å². The van der Waals surface area contributed by atoms with Crippen molar-refractivity contribution in [3.05, 3.63) is 18.1 Å². The standard InChI is InChI=1S/C17H31N3.ClH/c1-15(2)11-9-7-5-3-4-6-8-10-12-17-19-14-13-16(18)20-17;/h13-15H,3-12H2,1-2H3,(H2,18,19,20);1H. The molecular formula is C17H32ClN3. The first-order valence-electron chi connectivity index (χ1n) is 8.26. The van der Waals surface area contributed by atoms with Crippen LogP contribution in [-0.2, 0) is 6.42 Å². The number of nitrogens with zero attached hydrogens (tertiary/aromatic N) is 2. The molecule has 21 heavy (non-hydrogen) atoms. The van der Waals surface area contributed by atoms with Crippen molar-refractivity contribution in [1.29, 1.82) is 0 Å². The fraction of sp³-hybridized carbons (Fsp3) is 0.765. The van der Waals surface area contributed by atoms with Gasteiger partial charge in [0.2, 0.25) is 0 Å². The van der Waals surface area contributed by atoms with Gasteiger partial charge in [-0.25, -0.2) is 9.97 Å². The molecular weight excluding hydrogens is 282 g/mol. The fourth-order valence-electron chi connectivity index (χ4n) is 2.43. The van der Waals surface area contributed by atoms with E-state index in [1.54, 1.807) is 12.3 Å². The smallest absolute Gasteiger partial charge is 0.130 e. The summed E-state index contributed by atoms with van der Waals surface area (Å²) < 4.78 is 0. The molecule has 2 N–H and O–H groups in total. The van der Waals surface area contributed by atoms with Gasteiger partial charge in [-0.05, 0) is 18.4 Å². The maximum absolute atomic E-state index is 5.64. The minimum absolute atomic E-state index is 0. The second kappa shape index (κ2) is 12.9. The van der Waals surface area contributed by atoms with Crippen molar-refractivity contribution in [1.82, 2.24) is 9.97 Å². The number of anilines is 1. The van der Waals surface area contributed by atoms with Gasteiger partial charge in [0.05, 0.1) is 0 Å². The molecule has 0 unspecified atom stereocenters. The highest BCUT2D eigenvalue weighted by molar-refractivity contribution is 5.85. The van der Waals surface area contributed by atoms with Crippen LogP contribution in [0.15, 0.2) is 12.3 Å². The monoisotopic (exact) mass is 313 g/mol. The molecule has 3 nitrogen and oxygen atoms in total.